The second kappa shape index (κ2) is 8.51. The number of epoxide rings is 1. The summed E-state index contributed by atoms with van der Waals surface area (Å²) in [5.41, 5.74) is 3.64. The molecule has 126 valence electrons. The molecule has 0 spiro atoms. The second-order valence-electron chi connectivity index (χ2n) is 4.50. The van der Waals surface area contributed by atoms with Gasteiger partial charge in [0.1, 0.15) is 17.1 Å². The normalized spacial score (nSPS) is 18.3. The molecule has 0 saturated carbocycles. The number of carbonyl (C=O) groups is 3. The Morgan fingerprint density at radius 2 is 2.04 bits per heavy atom. The van der Waals surface area contributed by atoms with E-state index in [1.165, 1.54) is 6.92 Å². The molecule has 2 unspecified atom stereocenters. The summed E-state index contributed by atoms with van der Waals surface area (Å²) < 4.78 is 19.8. The molecule has 0 radical (unpaired) electrons. The van der Waals surface area contributed by atoms with Crippen LogP contribution in [0.3, 0.4) is 0 Å². The summed E-state index contributed by atoms with van der Waals surface area (Å²) in [6, 6.07) is 0. The maximum absolute atomic E-state index is 11.6. The summed E-state index contributed by atoms with van der Waals surface area (Å²) in [5, 5.41) is 0. The van der Waals surface area contributed by atoms with Gasteiger partial charge in [-0.15, -0.1) is 12.6 Å². The molecular formula is C14H17NO7S. The first-order chi connectivity index (χ1) is 10.8. The Bertz CT molecular complexity index is 565. The van der Waals surface area contributed by atoms with Gasteiger partial charge in [-0.1, -0.05) is 13.2 Å². The molecule has 1 fully saturated rings. The standard InChI is InChI=1S/C14H17NO7S/c1-4-9(16)21-13(22-12(18)7(2)3)10(11(15)17)14(23)20-6-8-5-19-8/h4,8,14,23H,1-2,5-6H2,3H3,(H2,15,17). The van der Waals surface area contributed by atoms with Crippen LogP contribution < -0.4 is 5.73 Å². The van der Waals surface area contributed by atoms with E-state index in [1.807, 2.05) is 0 Å². The molecule has 0 aromatic rings. The number of thiol groups is 1. The van der Waals surface area contributed by atoms with E-state index in [0.717, 1.165) is 6.08 Å². The predicted molar refractivity (Wildman–Crippen MR) is 81.9 cm³/mol. The number of hydrogen-bond donors (Lipinski definition) is 2. The number of carbonyl (C=O) groups excluding carboxylic acids is 3. The Hall–Kier alpha value is -2.10. The third-order valence-electron chi connectivity index (χ3n) is 2.47. The minimum Gasteiger partial charge on any atom is -0.389 e. The zero-order chi connectivity index (χ0) is 17.6. The molecule has 1 heterocycles. The Labute approximate surface area is 138 Å². The lowest BCUT2D eigenvalue weighted by Crippen LogP contribution is -2.28. The van der Waals surface area contributed by atoms with Gasteiger partial charge in [0, 0.05) is 11.6 Å². The molecule has 2 N–H and O–H groups in total. The smallest absolute Gasteiger partial charge is 0.340 e. The van der Waals surface area contributed by atoms with Crippen LogP contribution in [-0.4, -0.2) is 42.6 Å². The average molecular weight is 343 g/mol. The van der Waals surface area contributed by atoms with Crippen molar-refractivity contribution in [1.29, 1.82) is 0 Å². The van der Waals surface area contributed by atoms with Gasteiger partial charge in [0.15, 0.2) is 0 Å². The number of esters is 2. The van der Waals surface area contributed by atoms with E-state index in [0.29, 0.717) is 6.61 Å². The lowest BCUT2D eigenvalue weighted by atomic mass is 10.3. The summed E-state index contributed by atoms with van der Waals surface area (Å²) in [6.07, 6.45) is 0.718. The fraction of sp³-hybridized carbons (Fsp3) is 0.357. The summed E-state index contributed by atoms with van der Waals surface area (Å²) >= 11 is 4.06. The van der Waals surface area contributed by atoms with Crippen LogP contribution >= 0.6 is 12.6 Å². The molecule has 9 heteroatoms. The molecule has 0 aromatic heterocycles. The highest BCUT2D eigenvalue weighted by atomic mass is 32.1. The van der Waals surface area contributed by atoms with E-state index >= 15 is 0 Å². The van der Waals surface area contributed by atoms with Gasteiger partial charge >= 0.3 is 17.9 Å². The third kappa shape index (κ3) is 6.27. The average Bonchev–Trinajstić information content (AvgIpc) is 3.28. The SMILES string of the molecule is C=CC(=O)OC(OC(=O)C(=C)C)=C(C(N)=O)C(S)OCC1CO1. The monoisotopic (exact) mass is 343 g/mol. The molecule has 0 aromatic carbocycles. The molecule has 1 amide bonds. The zero-order valence-corrected chi connectivity index (χ0v) is 13.3. The minimum atomic E-state index is -1.19. The molecule has 2 atom stereocenters. The fourth-order valence-electron chi connectivity index (χ4n) is 1.20. The molecular weight excluding hydrogens is 326 g/mol. The number of rotatable bonds is 9. The van der Waals surface area contributed by atoms with Crippen LogP contribution in [-0.2, 0) is 33.3 Å². The maximum Gasteiger partial charge on any atom is 0.340 e. The molecule has 1 aliphatic heterocycles. The summed E-state index contributed by atoms with van der Waals surface area (Å²) in [4.78, 5) is 34.6. The van der Waals surface area contributed by atoms with E-state index in [4.69, 9.17) is 24.7 Å². The van der Waals surface area contributed by atoms with Crippen LogP contribution in [0.25, 0.3) is 0 Å². The third-order valence-corrected chi connectivity index (χ3v) is 2.88. The zero-order valence-electron chi connectivity index (χ0n) is 12.4. The Balaban J connectivity index is 3.06. The topological polar surface area (TPSA) is 117 Å². The van der Waals surface area contributed by atoms with Gasteiger partial charge < -0.3 is 24.7 Å². The lowest BCUT2D eigenvalue weighted by molar-refractivity contribution is -0.148. The molecule has 23 heavy (non-hydrogen) atoms. The van der Waals surface area contributed by atoms with E-state index < -0.39 is 34.8 Å². The van der Waals surface area contributed by atoms with Crippen LogP contribution in [0.2, 0.25) is 0 Å². The van der Waals surface area contributed by atoms with Crippen molar-refractivity contribution >= 4 is 30.5 Å². The number of ether oxygens (including phenoxy) is 4. The van der Waals surface area contributed by atoms with Crippen molar-refractivity contribution in [2.75, 3.05) is 13.2 Å². The highest BCUT2D eigenvalue weighted by molar-refractivity contribution is 7.81. The largest absolute Gasteiger partial charge is 0.389 e. The predicted octanol–water partition coefficient (Wildman–Crippen LogP) is 0.203. The number of primary amides is 1. The van der Waals surface area contributed by atoms with Crippen LogP contribution in [0, 0.1) is 0 Å². The molecule has 8 nitrogen and oxygen atoms in total. The highest BCUT2D eigenvalue weighted by Gasteiger charge is 2.30. The first-order valence-corrected chi connectivity index (χ1v) is 6.95. The van der Waals surface area contributed by atoms with E-state index in [2.05, 4.69) is 25.8 Å². The fourth-order valence-corrected chi connectivity index (χ4v) is 1.52. The Kier molecular flexibility index (Phi) is 7.01. The van der Waals surface area contributed by atoms with Crippen molar-refractivity contribution in [2.24, 2.45) is 5.73 Å². The van der Waals surface area contributed by atoms with Gasteiger partial charge in [0.05, 0.1) is 13.2 Å². The first kappa shape index (κ1) is 18.9. The van der Waals surface area contributed by atoms with Gasteiger partial charge in [-0.2, -0.15) is 0 Å². The van der Waals surface area contributed by atoms with Crippen molar-refractivity contribution in [2.45, 2.75) is 18.5 Å². The van der Waals surface area contributed by atoms with Gasteiger partial charge in [-0.05, 0) is 6.92 Å². The first-order valence-electron chi connectivity index (χ1n) is 6.43. The maximum atomic E-state index is 11.6. The van der Waals surface area contributed by atoms with E-state index in [1.54, 1.807) is 0 Å². The molecule has 1 saturated heterocycles. The molecule has 1 rings (SSSR count). The van der Waals surface area contributed by atoms with Crippen LogP contribution in [0.4, 0.5) is 0 Å². The van der Waals surface area contributed by atoms with Crippen molar-refractivity contribution in [1.82, 2.24) is 0 Å². The molecule has 0 aliphatic carbocycles. The van der Waals surface area contributed by atoms with E-state index in [-0.39, 0.29) is 18.3 Å². The van der Waals surface area contributed by atoms with Crippen molar-refractivity contribution < 1.29 is 33.3 Å². The number of amides is 1. The lowest BCUT2D eigenvalue weighted by Gasteiger charge is -2.17. The minimum absolute atomic E-state index is 0.0176. The molecule has 1 aliphatic rings. The van der Waals surface area contributed by atoms with Crippen molar-refractivity contribution in [3.05, 3.63) is 36.3 Å². The Morgan fingerprint density at radius 3 is 2.48 bits per heavy atom. The Morgan fingerprint density at radius 1 is 1.43 bits per heavy atom. The van der Waals surface area contributed by atoms with Crippen LogP contribution in [0.15, 0.2) is 36.3 Å². The van der Waals surface area contributed by atoms with Gasteiger partial charge in [0.25, 0.3) is 5.91 Å². The van der Waals surface area contributed by atoms with Gasteiger partial charge in [-0.3, -0.25) is 4.79 Å². The highest BCUT2D eigenvalue weighted by Crippen LogP contribution is 2.21. The van der Waals surface area contributed by atoms with Crippen molar-refractivity contribution in [3.8, 4) is 0 Å². The summed E-state index contributed by atoms with van der Waals surface area (Å²) in [6.45, 7) is 8.63. The summed E-state index contributed by atoms with van der Waals surface area (Å²) in [5.74, 6) is -3.64. The second-order valence-corrected chi connectivity index (χ2v) is 4.97. The number of hydrogen-bond acceptors (Lipinski definition) is 8. The quantitative estimate of drug-likeness (QED) is 0.153. The van der Waals surface area contributed by atoms with Gasteiger partial charge in [-0.25, -0.2) is 9.59 Å². The van der Waals surface area contributed by atoms with Crippen molar-refractivity contribution in [3.63, 3.8) is 0 Å². The van der Waals surface area contributed by atoms with Gasteiger partial charge in [0.2, 0.25) is 0 Å². The number of nitrogens with two attached hydrogens (primary N) is 1. The molecule has 0 bridgehead atoms. The van der Waals surface area contributed by atoms with Crippen LogP contribution in [0.5, 0.6) is 0 Å². The summed E-state index contributed by atoms with van der Waals surface area (Å²) in [7, 11) is 0. The van der Waals surface area contributed by atoms with Crippen LogP contribution in [0.1, 0.15) is 6.92 Å². The van der Waals surface area contributed by atoms with E-state index in [9.17, 15) is 14.4 Å².